The molecular formula is C54H79NO12. The fourth-order valence-corrected chi connectivity index (χ4v) is 18.4. The lowest BCUT2D eigenvalue weighted by Gasteiger charge is -2.45. The van der Waals surface area contributed by atoms with Crippen LogP contribution < -0.4 is 0 Å². The number of rotatable bonds is 17. The second-order valence-electron chi connectivity index (χ2n) is 25.1. The third-order valence-corrected chi connectivity index (χ3v) is 21.1. The van der Waals surface area contributed by atoms with Crippen molar-refractivity contribution in [3.63, 3.8) is 0 Å². The summed E-state index contributed by atoms with van der Waals surface area (Å²) in [6, 6.07) is 0. The van der Waals surface area contributed by atoms with Gasteiger partial charge in [-0.3, -0.25) is 33.7 Å². The van der Waals surface area contributed by atoms with Crippen LogP contribution in [0.15, 0.2) is 0 Å². The van der Waals surface area contributed by atoms with E-state index in [9.17, 15) is 39.0 Å². The number of carboxylic acid groups (broad SMARTS) is 1. The van der Waals surface area contributed by atoms with Gasteiger partial charge < -0.3 is 29.2 Å². The second kappa shape index (κ2) is 18.6. The highest BCUT2D eigenvalue weighted by Gasteiger charge is 2.64. The number of aliphatic carboxylic acids is 1. The molecule has 8 bridgehead atoms. The van der Waals surface area contributed by atoms with Crippen molar-refractivity contribution in [2.24, 2.45) is 130 Å². The maximum Gasteiger partial charge on any atom is 0.317 e. The highest BCUT2D eigenvalue weighted by Crippen LogP contribution is 2.68. The molecule has 2 saturated heterocycles. The topological polar surface area (TPSA) is 183 Å². The Labute approximate surface area is 397 Å². The fraction of sp³-hybridized carbons (Fsp3) is 0.889. The van der Waals surface area contributed by atoms with Crippen LogP contribution in [-0.4, -0.2) is 96.0 Å². The molecule has 2 heterocycles. The predicted molar refractivity (Wildman–Crippen MR) is 243 cm³/mol. The number of carboxylic acids is 1. The Kier molecular flexibility index (Phi) is 13.2. The van der Waals surface area contributed by atoms with Gasteiger partial charge in [-0.15, -0.1) is 0 Å². The number of hydrogen-bond donors (Lipinski definition) is 2. The van der Waals surface area contributed by atoms with Gasteiger partial charge in [0, 0.05) is 6.54 Å². The molecule has 0 aromatic carbocycles. The summed E-state index contributed by atoms with van der Waals surface area (Å²) in [6.45, 7) is 13.0. The third kappa shape index (κ3) is 8.80. The summed E-state index contributed by atoms with van der Waals surface area (Å²) >= 11 is 0. The molecule has 22 atom stereocenters. The van der Waals surface area contributed by atoms with Crippen LogP contribution in [0.1, 0.15) is 125 Å². The maximum atomic E-state index is 13.9. The van der Waals surface area contributed by atoms with Gasteiger partial charge in [-0.2, -0.15) is 0 Å². The summed E-state index contributed by atoms with van der Waals surface area (Å²) in [5.41, 5.74) is -0.537. The van der Waals surface area contributed by atoms with Crippen LogP contribution in [0.25, 0.3) is 0 Å². The van der Waals surface area contributed by atoms with Crippen molar-refractivity contribution < 1.29 is 57.9 Å². The van der Waals surface area contributed by atoms with Crippen molar-refractivity contribution in [1.82, 2.24) is 4.90 Å². The molecule has 372 valence electrons. The molecule has 22 unspecified atom stereocenters. The minimum atomic E-state index is -0.715. The minimum Gasteiger partial charge on any atom is -0.481 e. The van der Waals surface area contributed by atoms with Crippen LogP contribution in [0.4, 0.5) is 0 Å². The molecule has 8 aliphatic carbocycles. The number of likely N-dealkylation sites (tertiary alicyclic amines) is 1. The monoisotopic (exact) mass is 934 g/mol. The molecular weight excluding hydrogens is 855 g/mol. The number of aliphatic hydroxyl groups excluding tert-OH is 1. The summed E-state index contributed by atoms with van der Waals surface area (Å²) in [5, 5.41) is 20.2. The molecule has 13 nitrogen and oxygen atoms in total. The first kappa shape index (κ1) is 47.6. The molecule has 0 aromatic heterocycles. The van der Waals surface area contributed by atoms with Gasteiger partial charge in [0.15, 0.2) is 0 Å². The average molecular weight is 934 g/mol. The fourth-order valence-electron chi connectivity index (χ4n) is 18.4. The van der Waals surface area contributed by atoms with E-state index in [1.165, 1.54) is 12.8 Å². The summed E-state index contributed by atoms with van der Waals surface area (Å²) in [4.78, 5) is 82.5. The van der Waals surface area contributed by atoms with E-state index >= 15 is 0 Å². The number of esters is 5. The summed E-state index contributed by atoms with van der Waals surface area (Å²) in [5.74, 6) is 0.0131. The molecule has 0 radical (unpaired) electrons. The molecule has 2 aliphatic heterocycles. The van der Waals surface area contributed by atoms with Crippen molar-refractivity contribution in [3.05, 3.63) is 0 Å². The number of fused-ring (bicyclic) bond motifs is 8. The number of carbonyl (C=O) groups is 6. The lowest BCUT2D eigenvalue weighted by Crippen LogP contribution is -2.42. The van der Waals surface area contributed by atoms with Crippen LogP contribution in [0.3, 0.4) is 0 Å². The van der Waals surface area contributed by atoms with Gasteiger partial charge >= 0.3 is 35.8 Å². The highest BCUT2D eigenvalue weighted by atomic mass is 16.6. The second-order valence-corrected chi connectivity index (χ2v) is 25.1. The van der Waals surface area contributed by atoms with Crippen molar-refractivity contribution in [1.29, 1.82) is 0 Å². The van der Waals surface area contributed by atoms with Crippen molar-refractivity contribution in [2.75, 3.05) is 39.5 Å². The number of nitrogens with zero attached hydrogens (tertiary/aromatic N) is 1. The van der Waals surface area contributed by atoms with Gasteiger partial charge in [0.2, 0.25) is 0 Å². The third-order valence-electron chi connectivity index (χ3n) is 21.1. The first-order valence-electron chi connectivity index (χ1n) is 26.9. The Morgan fingerprint density at radius 1 is 0.597 bits per heavy atom. The standard InChI is InChI=1S/C54H79NO12/c1-26-28-14-37(47(15-28)53(63)67-54(3,4)5)32(26)22-34-30-17-40(46(20-30)51(61)65-13-11-56)43(34)25-35-29-16-38(44(19-29)48(57)58)42(35)24-36-31-18-39(41(36)23-33-27(2)49(59)66-52(33)62)45(21-31)50(60)64-12-10-55-8-6-7-9-55/h26-47,56H,6-25H2,1-5H3,(H,57,58). The first-order valence-corrected chi connectivity index (χ1v) is 26.9. The average Bonchev–Trinajstić information content (AvgIpc) is 4.14. The Bertz CT molecular complexity index is 1920. The van der Waals surface area contributed by atoms with Gasteiger partial charge in [0.25, 0.3) is 0 Å². The van der Waals surface area contributed by atoms with E-state index in [-0.39, 0.29) is 108 Å². The predicted octanol–water partition coefficient (Wildman–Crippen LogP) is 7.06. The summed E-state index contributed by atoms with van der Waals surface area (Å²) in [7, 11) is 0. The molecule has 10 fully saturated rings. The quantitative estimate of drug-likeness (QED) is 0.0860. The zero-order valence-electron chi connectivity index (χ0n) is 40.8. The molecule has 10 aliphatic rings. The van der Waals surface area contributed by atoms with Crippen molar-refractivity contribution in [3.8, 4) is 0 Å². The van der Waals surface area contributed by atoms with E-state index in [0.717, 1.165) is 83.8 Å². The van der Waals surface area contributed by atoms with Crippen LogP contribution in [0.5, 0.6) is 0 Å². The zero-order valence-corrected chi connectivity index (χ0v) is 40.8. The molecule has 67 heavy (non-hydrogen) atoms. The van der Waals surface area contributed by atoms with E-state index in [4.69, 9.17) is 18.9 Å². The molecule has 0 spiro atoms. The van der Waals surface area contributed by atoms with Crippen molar-refractivity contribution >= 4 is 35.8 Å². The molecule has 0 aromatic rings. The molecule has 13 heteroatoms. The Morgan fingerprint density at radius 2 is 1.06 bits per heavy atom. The number of carbonyl (C=O) groups excluding carboxylic acids is 5. The number of hydrogen-bond acceptors (Lipinski definition) is 12. The van der Waals surface area contributed by atoms with Crippen LogP contribution >= 0.6 is 0 Å². The first-order chi connectivity index (χ1) is 32.0. The van der Waals surface area contributed by atoms with Crippen LogP contribution in [0.2, 0.25) is 0 Å². The van der Waals surface area contributed by atoms with E-state index in [1.807, 2.05) is 20.8 Å². The maximum absolute atomic E-state index is 13.9. The lowest BCUT2D eigenvalue weighted by atomic mass is 9.60. The Morgan fingerprint density at radius 3 is 1.57 bits per heavy atom. The Hall–Kier alpha value is -3.06. The molecule has 10 rings (SSSR count). The SMILES string of the molecule is CC1C(=O)OC(=O)C1CC1C(CC2C(CC3C(CC4C(C)C5CC(C(=O)OC(C)(C)C)C4C5)C4CC(C(=O)OCCO)C3C4)C3CC(C(=O)O)C2C3)C2CC(C(=O)OCCN3CCCC3)C1C2. The van der Waals surface area contributed by atoms with E-state index in [0.29, 0.717) is 55.0 Å². The normalized spacial score (nSPS) is 45.9. The van der Waals surface area contributed by atoms with Gasteiger partial charge in [-0.05, 0) is 218 Å². The summed E-state index contributed by atoms with van der Waals surface area (Å²) < 4.78 is 22.8. The van der Waals surface area contributed by atoms with Gasteiger partial charge in [-0.25, -0.2) is 0 Å². The molecule has 0 amide bonds. The largest absolute Gasteiger partial charge is 0.481 e. The number of cyclic esters (lactones) is 2. The number of aliphatic hydroxyl groups is 1. The van der Waals surface area contributed by atoms with E-state index < -0.39 is 41.3 Å². The van der Waals surface area contributed by atoms with E-state index in [2.05, 4.69) is 11.8 Å². The lowest BCUT2D eigenvalue weighted by molar-refractivity contribution is -0.163. The van der Waals surface area contributed by atoms with Crippen LogP contribution in [-0.2, 0) is 47.7 Å². The minimum absolute atomic E-state index is 0.00598. The van der Waals surface area contributed by atoms with Gasteiger partial charge in [0.1, 0.15) is 18.8 Å². The summed E-state index contributed by atoms with van der Waals surface area (Å²) in [6.07, 6.45) is 12.6. The zero-order chi connectivity index (χ0) is 47.2. The number of ether oxygens (including phenoxy) is 4. The van der Waals surface area contributed by atoms with Gasteiger partial charge in [-0.1, -0.05) is 13.8 Å². The molecule has 8 saturated carbocycles. The molecule has 2 N–H and O–H groups in total. The van der Waals surface area contributed by atoms with Gasteiger partial charge in [0.05, 0.1) is 42.1 Å². The van der Waals surface area contributed by atoms with Crippen LogP contribution in [0, 0.1) is 130 Å². The van der Waals surface area contributed by atoms with E-state index in [1.54, 1.807) is 6.92 Å². The smallest absolute Gasteiger partial charge is 0.317 e. The van der Waals surface area contributed by atoms with Crippen molar-refractivity contribution in [2.45, 2.75) is 130 Å². The Balaban J connectivity index is 0.911. The highest BCUT2D eigenvalue weighted by molar-refractivity contribution is 5.96.